The van der Waals surface area contributed by atoms with Crippen LogP contribution in [0.25, 0.3) is 10.9 Å². The third-order valence-corrected chi connectivity index (χ3v) is 5.33. The minimum atomic E-state index is -0.473. The van der Waals surface area contributed by atoms with Crippen LogP contribution in [0.3, 0.4) is 0 Å². The van der Waals surface area contributed by atoms with E-state index in [1.165, 1.54) is 12.1 Å². The average Bonchev–Trinajstić information content (AvgIpc) is 2.75. The van der Waals surface area contributed by atoms with Gasteiger partial charge in [0.05, 0.1) is 36.1 Å². The largest absolute Gasteiger partial charge is 0.493 e. The van der Waals surface area contributed by atoms with Crippen molar-refractivity contribution in [3.63, 3.8) is 0 Å². The molecular weight excluding hydrogens is 419 g/mol. The number of aryl methyl sites for hydroxylation is 1. The van der Waals surface area contributed by atoms with E-state index >= 15 is 0 Å². The van der Waals surface area contributed by atoms with Gasteiger partial charge in [-0.05, 0) is 35.9 Å². The molecule has 0 unspecified atom stereocenters. The Morgan fingerprint density at radius 1 is 1.23 bits per heavy atom. The summed E-state index contributed by atoms with van der Waals surface area (Å²) in [6.07, 6.45) is 1.77. The molecular formula is C23H20ClFN4O2. The van der Waals surface area contributed by atoms with Crippen molar-refractivity contribution >= 4 is 34.2 Å². The molecule has 0 aliphatic carbocycles. The SMILES string of the molecule is C=C1N=C(Nc2cccc3c2ccc(=O)n3C)N(Cc2ccc(F)c(Cl)c2)C=C1OC. The van der Waals surface area contributed by atoms with Crippen LogP contribution in [0.5, 0.6) is 0 Å². The Kier molecular flexibility index (Phi) is 5.52. The predicted molar refractivity (Wildman–Crippen MR) is 121 cm³/mol. The van der Waals surface area contributed by atoms with Gasteiger partial charge in [-0.3, -0.25) is 4.79 Å². The van der Waals surface area contributed by atoms with Crippen molar-refractivity contribution < 1.29 is 9.13 Å². The van der Waals surface area contributed by atoms with Crippen molar-refractivity contribution in [3.8, 4) is 0 Å². The minimum absolute atomic E-state index is 0.0521. The molecule has 0 atom stereocenters. The molecule has 2 aromatic carbocycles. The van der Waals surface area contributed by atoms with Gasteiger partial charge in [-0.15, -0.1) is 0 Å². The molecule has 0 bridgehead atoms. The molecule has 4 rings (SSSR count). The van der Waals surface area contributed by atoms with E-state index in [9.17, 15) is 9.18 Å². The summed E-state index contributed by atoms with van der Waals surface area (Å²) in [5.41, 5.74) is 2.73. The highest BCUT2D eigenvalue weighted by atomic mass is 35.5. The summed E-state index contributed by atoms with van der Waals surface area (Å²) >= 11 is 5.95. The van der Waals surface area contributed by atoms with Gasteiger partial charge in [0.2, 0.25) is 5.96 Å². The number of hydrogen-bond donors (Lipinski definition) is 1. The molecule has 1 N–H and O–H groups in total. The standard InChI is InChI=1S/C23H20ClFN4O2/c1-14-21(31-3)13-29(12-15-7-9-18(25)17(24)11-15)23(26-14)27-19-5-4-6-20-16(19)8-10-22(30)28(20)2/h4-11,13H,1,12H2,2-3H3,(H,26,27). The Hall–Kier alpha value is -3.58. The number of nitrogens with one attached hydrogen (secondary N) is 1. The predicted octanol–water partition coefficient (Wildman–Crippen LogP) is 4.62. The molecule has 1 aromatic heterocycles. The first-order valence-corrected chi connectivity index (χ1v) is 9.85. The fourth-order valence-corrected chi connectivity index (χ4v) is 3.59. The molecule has 0 saturated heterocycles. The number of nitrogens with zero attached hydrogens (tertiary/aromatic N) is 3. The topological polar surface area (TPSA) is 58.9 Å². The zero-order chi connectivity index (χ0) is 22.1. The highest BCUT2D eigenvalue weighted by Gasteiger charge is 2.20. The van der Waals surface area contributed by atoms with Crippen molar-refractivity contribution in [2.75, 3.05) is 12.4 Å². The lowest BCUT2D eigenvalue weighted by atomic mass is 10.1. The monoisotopic (exact) mass is 438 g/mol. The first-order valence-electron chi connectivity index (χ1n) is 9.47. The van der Waals surface area contributed by atoms with E-state index in [0.717, 1.165) is 22.2 Å². The maximum atomic E-state index is 13.6. The molecule has 0 amide bonds. The molecule has 2 heterocycles. The second-order valence-corrected chi connectivity index (χ2v) is 7.46. The summed E-state index contributed by atoms with van der Waals surface area (Å²) in [4.78, 5) is 18.4. The van der Waals surface area contributed by atoms with Gasteiger partial charge in [0.1, 0.15) is 11.5 Å². The van der Waals surface area contributed by atoms with Gasteiger partial charge < -0.3 is 19.5 Å². The number of aliphatic imine (C=N–C) groups is 1. The zero-order valence-corrected chi connectivity index (χ0v) is 17.8. The number of halogens is 2. The van der Waals surface area contributed by atoms with Crippen molar-refractivity contribution in [1.29, 1.82) is 0 Å². The molecule has 0 saturated carbocycles. The van der Waals surface area contributed by atoms with Crippen molar-refractivity contribution in [2.24, 2.45) is 12.0 Å². The van der Waals surface area contributed by atoms with E-state index < -0.39 is 5.82 Å². The van der Waals surface area contributed by atoms with Gasteiger partial charge in [-0.1, -0.05) is 30.3 Å². The number of aromatic nitrogens is 1. The van der Waals surface area contributed by atoms with Crippen molar-refractivity contribution in [3.05, 3.63) is 99.5 Å². The number of pyridine rings is 1. The van der Waals surface area contributed by atoms with Crippen molar-refractivity contribution in [2.45, 2.75) is 6.54 Å². The van der Waals surface area contributed by atoms with Crippen LogP contribution in [0, 0.1) is 5.82 Å². The molecule has 0 spiro atoms. The van der Waals surface area contributed by atoms with Gasteiger partial charge in [0.25, 0.3) is 5.56 Å². The van der Waals surface area contributed by atoms with E-state index in [1.807, 2.05) is 23.1 Å². The van der Waals surface area contributed by atoms with Crippen LogP contribution in [0.4, 0.5) is 10.1 Å². The Bertz CT molecular complexity index is 1310. The van der Waals surface area contributed by atoms with Crippen LogP contribution in [-0.4, -0.2) is 22.5 Å². The first-order chi connectivity index (χ1) is 14.9. The number of guanidine groups is 1. The maximum Gasteiger partial charge on any atom is 0.250 e. The molecule has 8 heteroatoms. The van der Waals surface area contributed by atoms with Gasteiger partial charge in [0.15, 0.2) is 5.76 Å². The average molecular weight is 439 g/mol. The molecule has 3 aromatic rings. The number of hydrogen-bond acceptors (Lipinski definition) is 5. The highest BCUT2D eigenvalue weighted by Crippen LogP contribution is 2.26. The Labute approximate surface area is 183 Å². The highest BCUT2D eigenvalue weighted by molar-refractivity contribution is 6.30. The Balaban J connectivity index is 1.72. The normalized spacial score (nSPS) is 13.8. The summed E-state index contributed by atoms with van der Waals surface area (Å²) in [5, 5.41) is 4.25. The third kappa shape index (κ3) is 4.04. The number of ether oxygens (including phenoxy) is 1. The molecule has 1 aliphatic rings. The number of anilines is 1. The molecule has 0 fully saturated rings. The molecule has 0 radical (unpaired) electrons. The lowest BCUT2D eigenvalue weighted by Gasteiger charge is -2.28. The van der Waals surface area contributed by atoms with Crippen LogP contribution in [-0.2, 0) is 18.3 Å². The van der Waals surface area contributed by atoms with Crippen LogP contribution in [0.1, 0.15) is 5.56 Å². The molecule has 31 heavy (non-hydrogen) atoms. The fraction of sp³-hybridized carbons (Fsp3) is 0.130. The quantitative estimate of drug-likeness (QED) is 0.646. The van der Waals surface area contributed by atoms with E-state index in [-0.39, 0.29) is 10.6 Å². The van der Waals surface area contributed by atoms with E-state index in [2.05, 4.69) is 16.9 Å². The van der Waals surface area contributed by atoms with Gasteiger partial charge in [-0.25, -0.2) is 9.38 Å². The Morgan fingerprint density at radius 2 is 2.03 bits per heavy atom. The lowest BCUT2D eigenvalue weighted by molar-refractivity contribution is 0.287. The van der Waals surface area contributed by atoms with E-state index in [4.69, 9.17) is 16.3 Å². The maximum absolute atomic E-state index is 13.6. The second kappa shape index (κ2) is 8.28. The lowest BCUT2D eigenvalue weighted by Crippen LogP contribution is -2.35. The van der Waals surface area contributed by atoms with Crippen LogP contribution in [0.15, 0.2) is 82.6 Å². The van der Waals surface area contributed by atoms with Gasteiger partial charge in [0, 0.05) is 18.5 Å². The van der Waals surface area contributed by atoms with Crippen LogP contribution >= 0.6 is 11.6 Å². The fourth-order valence-electron chi connectivity index (χ4n) is 3.39. The second-order valence-electron chi connectivity index (χ2n) is 7.05. The minimum Gasteiger partial charge on any atom is -0.493 e. The summed E-state index contributed by atoms with van der Waals surface area (Å²) < 4.78 is 20.5. The summed E-state index contributed by atoms with van der Waals surface area (Å²) in [5.74, 6) is 0.547. The number of fused-ring (bicyclic) bond motifs is 1. The molecule has 6 nitrogen and oxygen atoms in total. The molecule has 1 aliphatic heterocycles. The molecule has 158 valence electrons. The summed E-state index contributed by atoms with van der Waals surface area (Å²) in [6.45, 7) is 4.32. The van der Waals surface area contributed by atoms with Crippen LogP contribution in [0.2, 0.25) is 5.02 Å². The first kappa shape index (κ1) is 20.7. The van der Waals surface area contributed by atoms with Crippen molar-refractivity contribution in [1.82, 2.24) is 9.47 Å². The van der Waals surface area contributed by atoms with E-state index in [1.54, 1.807) is 43.1 Å². The van der Waals surface area contributed by atoms with E-state index in [0.29, 0.717) is 24.0 Å². The van der Waals surface area contributed by atoms with Gasteiger partial charge in [-0.2, -0.15) is 0 Å². The summed E-state index contributed by atoms with van der Waals surface area (Å²) in [7, 11) is 3.27. The number of rotatable bonds is 4. The smallest absolute Gasteiger partial charge is 0.250 e. The zero-order valence-electron chi connectivity index (χ0n) is 17.0. The number of benzene rings is 2. The summed E-state index contributed by atoms with van der Waals surface area (Å²) in [6, 6.07) is 13.5. The van der Waals surface area contributed by atoms with Crippen LogP contribution < -0.4 is 10.9 Å². The number of methoxy groups -OCH3 is 1. The van der Waals surface area contributed by atoms with Gasteiger partial charge >= 0.3 is 0 Å². The third-order valence-electron chi connectivity index (χ3n) is 5.04. The Morgan fingerprint density at radius 3 is 2.77 bits per heavy atom.